The van der Waals surface area contributed by atoms with Crippen LogP contribution in [0.2, 0.25) is 0 Å². The van der Waals surface area contributed by atoms with E-state index in [1.807, 2.05) is 17.0 Å². The highest BCUT2D eigenvalue weighted by Crippen LogP contribution is 2.32. The van der Waals surface area contributed by atoms with Crippen molar-refractivity contribution < 1.29 is 23.9 Å². The minimum atomic E-state index is -0.453. The number of nitrogens with zero attached hydrogens (tertiary/aromatic N) is 4. The van der Waals surface area contributed by atoms with E-state index < -0.39 is 4.92 Å². The normalized spacial score (nSPS) is 16.3. The van der Waals surface area contributed by atoms with Gasteiger partial charge in [0.25, 0.3) is 0 Å². The van der Waals surface area contributed by atoms with Crippen LogP contribution < -0.4 is 24.4 Å². The number of piperidine rings is 1. The lowest BCUT2D eigenvalue weighted by Crippen LogP contribution is -2.48. The summed E-state index contributed by atoms with van der Waals surface area (Å²) in [6, 6.07) is 11.0. The number of hydrogen-bond acceptors (Lipinski definition) is 9. The maximum absolute atomic E-state index is 12.9. The maximum atomic E-state index is 12.9. The predicted molar refractivity (Wildman–Crippen MR) is 152 cm³/mol. The highest BCUT2D eigenvalue weighted by atomic mass is 16.6. The van der Waals surface area contributed by atoms with Gasteiger partial charge in [-0.3, -0.25) is 19.8 Å². The summed E-state index contributed by atoms with van der Waals surface area (Å²) in [5, 5.41) is 14.5. The summed E-state index contributed by atoms with van der Waals surface area (Å²) >= 11 is 0. The Bertz CT molecular complexity index is 1110. The molecule has 0 saturated carbocycles. The summed E-state index contributed by atoms with van der Waals surface area (Å²) in [5.74, 6) is 1.88. The fourth-order valence-electron chi connectivity index (χ4n) is 5.09. The number of amides is 1. The van der Waals surface area contributed by atoms with E-state index in [0.717, 1.165) is 68.4 Å². The van der Waals surface area contributed by atoms with Crippen molar-refractivity contribution in [1.82, 2.24) is 9.80 Å². The van der Waals surface area contributed by atoms with Gasteiger partial charge in [0.15, 0.2) is 17.2 Å². The SMILES string of the molecule is C.COc1ccc(N2CCN(CCC(=O)N3CCC(Nc4ccc([N+](=O)[O-])c(OC)c4)CC3)CC2)cc1OC. The zero-order valence-corrected chi connectivity index (χ0v) is 22.4. The van der Waals surface area contributed by atoms with Crippen LogP contribution in [0.1, 0.15) is 26.7 Å². The first-order chi connectivity index (χ1) is 18.4. The minimum Gasteiger partial charge on any atom is -0.493 e. The average molecular weight is 544 g/mol. The predicted octanol–water partition coefficient (Wildman–Crippen LogP) is 3.87. The number of anilines is 2. The summed E-state index contributed by atoms with van der Waals surface area (Å²) in [4.78, 5) is 30.2. The molecule has 2 fully saturated rings. The van der Waals surface area contributed by atoms with Gasteiger partial charge in [-0.05, 0) is 31.0 Å². The molecule has 4 rings (SSSR count). The first kappa shape index (κ1) is 29.8. The number of piperazine rings is 1. The highest BCUT2D eigenvalue weighted by molar-refractivity contribution is 5.76. The van der Waals surface area contributed by atoms with Gasteiger partial charge in [0, 0.05) is 87.8 Å². The van der Waals surface area contributed by atoms with Crippen molar-refractivity contribution in [1.29, 1.82) is 0 Å². The van der Waals surface area contributed by atoms with Gasteiger partial charge >= 0.3 is 5.69 Å². The van der Waals surface area contributed by atoms with Crippen LogP contribution in [0.15, 0.2) is 36.4 Å². The van der Waals surface area contributed by atoms with Crippen LogP contribution in [0.4, 0.5) is 17.1 Å². The molecule has 2 heterocycles. The molecule has 2 aromatic rings. The maximum Gasteiger partial charge on any atom is 0.311 e. The minimum absolute atomic E-state index is 0. The van der Waals surface area contributed by atoms with E-state index in [-0.39, 0.29) is 30.8 Å². The number of rotatable bonds is 10. The Morgan fingerprint density at radius 1 is 0.923 bits per heavy atom. The molecule has 2 aromatic carbocycles. The molecule has 0 atom stereocenters. The van der Waals surface area contributed by atoms with Crippen molar-refractivity contribution in [2.45, 2.75) is 32.7 Å². The van der Waals surface area contributed by atoms with Crippen LogP contribution in [0.25, 0.3) is 0 Å². The lowest BCUT2D eigenvalue weighted by Gasteiger charge is -2.37. The summed E-state index contributed by atoms with van der Waals surface area (Å²) < 4.78 is 15.9. The summed E-state index contributed by atoms with van der Waals surface area (Å²) in [6.45, 7) is 5.78. The van der Waals surface area contributed by atoms with E-state index in [4.69, 9.17) is 14.2 Å². The van der Waals surface area contributed by atoms with E-state index in [1.54, 1.807) is 26.4 Å². The number of carbonyl (C=O) groups is 1. The third-order valence-corrected chi connectivity index (χ3v) is 7.34. The Hall–Kier alpha value is -3.73. The summed E-state index contributed by atoms with van der Waals surface area (Å²) in [5.41, 5.74) is 1.84. The molecule has 11 nitrogen and oxygen atoms in total. The summed E-state index contributed by atoms with van der Waals surface area (Å²) in [6.07, 6.45) is 2.18. The molecule has 1 N–H and O–H groups in total. The molecule has 2 aliphatic heterocycles. The number of benzene rings is 2. The zero-order valence-electron chi connectivity index (χ0n) is 22.4. The second kappa shape index (κ2) is 13.9. The van der Waals surface area contributed by atoms with Crippen molar-refractivity contribution >= 4 is 23.0 Å². The van der Waals surface area contributed by atoms with Gasteiger partial charge in [-0.2, -0.15) is 0 Å². The number of nitrogens with one attached hydrogen (secondary N) is 1. The van der Waals surface area contributed by atoms with Gasteiger partial charge < -0.3 is 29.3 Å². The lowest BCUT2D eigenvalue weighted by atomic mass is 10.0. The Labute approximate surface area is 230 Å². The average Bonchev–Trinajstić information content (AvgIpc) is 2.96. The first-order valence-electron chi connectivity index (χ1n) is 13.0. The molecule has 0 bridgehead atoms. The molecule has 214 valence electrons. The van der Waals surface area contributed by atoms with Crippen LogP contribution in [0, 0.1) is 10.1 Å². The number of methoxy groups -OCH3 is 3. The third-order valence-electron chi connectivity index (χ3n) is 7.34. The van der Waals surface area contributed by atoms with Gasteiger partial charge in [-0.25, -0.2) is 0 Å². The molecule has 0 unspecified atom stereocenters. The Morgan fingerprint density at radius 2 is 1.59 bits per heavy atom. The second-order valence-electron chi connectivity index (χ2n) is 9.56. The van der Waals surface area contributed by atoms with E-state index >= 15 is 0 Å². The number of nitro groups is 1. The monoisotopic (exact) mass is 543 g/mol. The van der Waals surface area contributed by atoms with Gasteiger partial charge in [-0.1, -0.05) is 7.43 Å². The number of likely N-dealkylation sites (tertiary alicyclic amines) is 1. The van der Waals surface area contributed by atoms with Crippen LogP contribution in [-0.2, 0) is 4.79 Å². The van der Waals surface area contributed by atoms with Crippen molar-refractivity contribution in [3.8, 4) is 17.2 Å². The Kier molecular flexibility index (Phi) is 10.6. The number of ether oxygens (including phenoxy) is 3. The Balaban J connectivity index is 0.00000420. The molecule has 2 saturated heterocycles. The molecular weight excluding hydrogens is 502 g/mol. The van der Waals surface area contributed by atoms with Gasteiger partial charge in [0.2, 0.25) is 5.91 Å². The third kappa shape index (κ3) is 7.44. The van der Waals surface area contributed by atoms with E-state index in [2.05, 4.69) is 21.2 Å². The molecule has 1 amide bonds. The van der Waals surface area contributed by atoms with E-state index in [0.29, 0.717) is 19.5 Å². The standard InChI is InChI=1S/C27H37N5O6.CH4/c1-36-24-7-5-22(19-26(24)38-3)30-16-14-29(15-17-30)11-10-27(33)31-12-8-20(9-13-31)28-21-4-6-23(32(34)35)25(18-21)37-2;/h4-7,18-20,28H,8-17H2,1-3H3;1H4. The van der Waals surface area contributed by atoms with Crippen LogP contribution in [0.5, 0.6) is 17.2 Å². The lowest BCUT2D eigenvalue weighted by molar-refractivity contribution is -0.385. The van der Waals surface area contributed by atoms with E-state index in [1.165, 1.54) is 13.2 Å². The largest absolute Gasteiger partial charge is 0.493 e. The van der Waals surface area contributed by atoms with E-state index in [9.17, 15) is 14.9 Å². The molecule has 0 aliphatic carbocycles. The van der Waals surface area contributed by atoms with Crippen molar-refractivity contribution in [3.05, 3.63) is 46.5 Å². The van der Waals surface area contributed by atoms with Gasteiger partial charge in [0.1, 0.15) is 0 Å². The van der Waals surface area contributed by atoms with Gasteiger partial charge in [-0.15, -0.1) is 0 Å². The molecule has 11 heteroatoms. The van der Waals surface area contributed by atoms with Crippen LogP contribution >= 0.6 is 0 Å². The van der Waals surface area contributed by atoms with Gasteiger partial charge in [0.05, 0.1) is 26.3 Å². The fraction of sp³-hybridized carbons (Fsp3) is 0.536. The van der Waals surface area contributed by atoms with Crippen molar-refractivity contribution in [2.75, 3.05) is 77.4 Å². The Morgan fingerprint density at radius 3 is 2.21 bits per heavy atom. The van der Waals surface area contributed by atoms with Crippen molar-refractivity contribution in [3.63, 3.8) is 0 Å². The zero-order chi connectivity index (χ0) is 27.1. The number of nitro benzene ring substituents is 1. The van der Waals surface area contributed by atoms with Crippen molar-refractivity contribution in [2.24, 2.45) is 0 Å². The van der Waals surface area contributed by atoms with Crippen LogP contribution in [0.3, 0.4) is 0 Å². The summed E-state index contributed by atoms with van der Waals surface area (Å²) in [7, 11) is 4.71. The molecule has 39 heavy (non-hydrogen) atoms. The highest BCUT2D eigenvalue weighted by Gasteiger charge is 2.25. The topological polar surface area (TPSA) is 110 Å². The van der Waals surface area contributed by atoms with Crippen LogP contribution in [-0.4, -0.2) is 93.8 Å². The smallest absolute Gasteiger partial charge is 0.311 e. The molecule has 2 aliphatic rings. The number of carbonyl (C=O) groups excluding carboxylic acids is 1. The quantitative estimate of drug-likeness (QED) is 0.353. The molecule has 0 aromatic heterocycles. The molecular formula is C28H41N5O6. The second-order valence-corrected chi connectivity index (χ2v) is 9.56. The number of hydrogen-bond donors (Lipinski definition) is 1. The fourth-order valence-corrected chi connectivity index (χ4v) is 5.09. The first-order valence-corrected chi connectivity index (χ1v) is 13.0. The molecule has 0 spiro atoms. The molecule has 0 radical (unpaired) electrons.